The Bertz CT molecular complexity index is 513. The number of non-ortho nitro benzene ring substituents is 1. The maximum atomic E-state index is 10.7. The van der Waals surface area contributed by atoms with Crippen LogP contribution in [0.3, 0.4) is 0 Å². The number of nitrogens with one attached hydrogen (secondary N) is 1. The van der Waals surface area contributed by atoms with Gasteiger partial charge in [-0.05, 0) is 38.8 Å². The van der Waals surface area contributed by atoms with Gasteiger partial charge in [0.05, 0.1) is 23.7 Å². The van der Waals surface area contributed by atoms with Gasteiger partial charge in [0.2, 0.25) is 0 Å². The molecule has 1 rings (SSSR count). The number of nitro benzene ring substituents is 1. The number of hydrogen-bond donors (Lipinski definition) is 1. The summed E-state index contributed by atoms with van der Waals surface area (Å²) >= 11 is 0. The van der Waals surface area contributed by atoms with Crippen molar-refractivity contribution in [3.63, 3.8) is 0 Å². The number of benzene rings is 1. The molecule has 114 valence electrons. The molecule has 0 aromatic heterocycles. The number of ether oxygens (including phenoxy) is 1. The maximum absolute atomic E-state index is 10.7. The van der Waals surface area contributed by atoms with Gasteiger partial charge in [-0.1, -0.05) is 13.0 Å². The van der Waals surface area contributed by atoms with Gasteiger partial charge in [0, 0.05) is 6.07 Å². The molecule has 0 heterocycles. The lowest BCUT2D eigenvalue weighted by Crippen LogP contribution is -2.41. The first-order valence-electron chi connectivity index (χ1n) is 7.04. The fourth-order valence-corrected chi connectivity index (χ4v) is 1.89. The number of hydrogen-bond acceptors (Lipinski definition) is 5. The Morgan fingerprint density at radius 1 is 1.52 bits per heavy atom. The van der Waals surface area contributed by atoms with Crippen molar-refractivity contribution in [1.82, 2.24) is 5.32 Å². The van der Waals surface area contributed by atoms with Crippen LogP contribution in [0, 0.1) is 21.4 Å². The molecule has 21 heavy (non-hydrogen) atoms. The molecule has 1 unspecified atom stereocenters. The summed E-state index contributed by atoms with van der Waals surface area (Å²) in [7, 11) is 0. The zero-order valence-corrected chi connectivity index (χ0v) is 12.5. The van der Waals surface area contributed by atoms with E-state index in [1.807, 2.05) is 6.92 Å². The summed E-state index contributed by atoms with van der Waals surface area (Å²) in [6, 6.07) is 8.39. The average molecular weight is 291 g/mol. The molecule has 1 aromatic rings. The summed E-state index contributed by atoms with van der Waals surface area (Å²) in [5.74, 6) is 0.476. The highest BCUT2D eigenvalue weighted by Gasteiger charge is 2.21. The highest BCUT2D eigenvalue weighted by Crippen LogP contribution is 2.20. The molecule has 6 heteroatoms. The quantitative estimate of drug-likeness (QED) is 0.429. The van der Waals surface area contributed by atoms with E-state index in [1.165, 1.54) is 12.1 Å². The van der Waals surface area contributed by atoms with E-state index >= 15 is 0 Å². The first-order valence-corrected chi connectivity index (χ1v) is 7.04. The predicted octanol–water partition coefficient (Wildman–Crippen LogP) is 3.04. The van der Waals surface area contributed by atoms with Crippen molar-refractivity contribution in [2.45, 2.75) is 38.6 Å². The highest BCUT2D eigenvalue weighted by atomic mass is 16.6. The lowest BCUT2D eigenvalue weighted by atomic mass is 9.98. The minimum atomic E-state index is -0.554. The molecule has 1 aromatic carbocycles. The molecule has 0 fully saturated rings. The van der Waals surface area contributed by atoms with Crippen molar-refractivity contribution >= 4 is 5.69 Å². The largest absolute Gasteiger partial charge is 0.493 e. The van der Waals surface area contributed by atoms with Crippen molar-refractivity contribution in [3.8, 4) is 11.8 Å². The van der Waals surface area contributed by atoms with Gasteiger partial charge in [0.1, 0.15) is 11.3 Å². The van der Waals surface area contributed by atoms with Gasteiger partial charge in [-0.3, -0.25) is 15.4 Å². The fourth-order valence-electron chi connectivity index (χ4n) is 1.89. The van der Waals surface area contributed by atoms with E-state index in [0.717, 1.165) is 13.0 Å². The molecular formula is C15H21N3O3. The molecule has 0 saturated heterocycles. The number of nitriles is 1. The molecule has 1 N–H and O–H groups in total. The van der Waals surface area contributed by atoms with E-state index in [2.05, 4.69) is 18.3 Å². The standard InChI is InChI=1S/C15H21N3O3/c1-3-9-17-15(2,12-16)8-5-10-21-14-7-4-6-13(11-14)18(19)20/h4,6-7,11,17H,3,5,8-10H2,1-2H3. The van der Waals surface area contributed by atoms with Crippen LogP contribution in [0.15, 0.2) is 24.3 Å². The van der Waals surface area contributed by atoms with E-state index in [1.54, 1.807) is 12.1 Å². The molecule has 0 bridgehead atoms. The van der Waals surface area contributed by atoms with E-state index in [4.69, 9.17) is 4.74 Å². The first-order chi connectivity index (χ1) is 10.0. The second kappa shape index (κ2) is 8.22. The molecule has 1 atom stereocenters. The normalized spacial score (nSPS) is 13.2. The van der Waals surface area contributed by atoms with Crippen LogP contribution in [0.25, 0.3) is 0 Å². The van der Waals surface area contributed by atoms with E-state index in [9.17, 15) is 15.4 Å². The van der Waals surface area contributed by atoms with Gasteiger partial charge >= 0.3 is 0 Å². The summed E-state index contributed by atoms with van der Waals surface area (Å²) in [5, 5.41) is 23.1. The number of nitro groups is 1. The minimum Gasteiger partial charge on any atom is -0.493 e. The number of rotatable bonds is 9. The summed E-state index contributed by atoms with van der Waals surface area (Å²) in [6.45, 7) is 5.15. The highest BCUT2D eigenvalue weighted by molar-refractivity contribution is 5.37. The topological polar surface area (TPSA) is 88.2 Å². The Labute approximate surface area is 124 Å². The molecule has 0 aliphatic heterocycles. The zero-order chi connectivity index (χ0) is 15.7. The van der Waals surface area contributed by atoms with Crippen LogP contribution in [0.5, 0.6) is 5.75 Å². The molecule has 0 radical (unpaired) electrons. The second-order valence-electron chi connectivity index (χ2n) is 5.08. The Morgan fingerprint density at radius 2 is 2.29 bits per heavy atom. The molecule has 0 aliphatic carbocycles. The van der Waals surface area contributed by atoms with Gasteiger partial charge in [0.15, 0.2) is 0 Å². The Morgan fingerprint density at radius 3 is 2.90 bits per heavy atom. The minimum absolute atomic E-state index is 0.0129. The van der Waals surface area contributed by atoms with Gasteiger partial charge < -0.3 is 4.74 Å². The monoisotopic (exact) mass is 291 g/mol. The molecule has 6 nitrogen and oxygen atoms in total. The summed E-state index contributed by atoms with van der Waals surface area (Å²) in [4.78, 5) is 10.2. The van der Waals surface area contributed by atoms with Gasteiger partial charge in [-0.2, -0.15) is 5.26 Å². The van der Waals surface area contributed by atoms with Crippen molar-refractivity contribution in [1.29, 1.82) is 5.26 Å². The zero-order valence-electron chi connectivity index (χ0n) is 12.5. The van der Waals surface area contributed by atoms with Gasteiger partial charge in [-0.15, -0.1) is 0 Å². The molecular weight excluding hydrogens is 270 g/mol. The molecule has 0 saturated carbocycles. The van der Waals surface area contributed by atoms with Crippen LogP contribution >= 0.6 is 0 Å². The summed E-state index contributed by atoms with van der Waals surface area (Å²) in [6.07, 6.45) is 2.34. The summed E-state index contributed by atoms with van der Waals surface area (Å²) in [5.41, 5.74) is -0.541. The van der Waals surface area contributed by atoms with Crippen LogP contribution in [0.1, 0.15) is 33.1 Å². The molecule has 0 aliphatic rings. The van der Waals surface area contributed by atoms with Gasteiger partial charge in [-0.25, -0.2) is 0 Å². The predicted molar refractivity (Wildman–Crippen MR) is 80.1 cm³/mol. The Kier molecular flexibility index (Phi) is 6.63. The van der Waals surface area contributed by atoms with E-state index in [0.29, 0.717) is 25.2 Å². The van der Waals surface area contributed by atoms with Crippen molar-refractivity contribution < 1.29 is 9.66 Å². The van der Waals surface area contributed by atoms with Crippen molar-refractivity contribution in [3.05, 3.63) is 34.4 Å². The van der Waals surface area contributed by atoms with Crippen LogP contribution < -0.4 is 10.1 Å². The SMILES string of the molecule is CCCNC(C)(C#N)CCCOc1cccc([N+](=O)[O-])c1. The fraction of sp³-hybridized carbons (Fsp3) is 0.533. The van der Waals surface area contributed by atoms with Gasteiger partial charge in [0.25, 0.3) is 5.69 Å². The Balaban J connectivity index is 2.41. The third kappa shape index (κ3) is 5.79. The van der Waals surface area contributed by atoms with Crippen LogP contribution in [0.2, 0.25) is 0 Å². The van der Waals surface area contributed by atoms with Crippen LogP contribution in [0.4, 0.5) is 5.69 Å². The lowest BCUT2D eigenvalue weighted by Gasteiger charge is -2.22. The van der Waals surface area contributed by atoms with Crippen LogP contribution in [-0.4, -0.2) is 23.6 Å². The van der Waals surface area contributed by atoms with E-state index < -0.39 is 10.5 Å². The smallest absolute Gasteiger partial charge is 0.273 e. The van der Waals surface area contributed by atoms with E-state index in [-0.39, 0.29) is 5.69 Å². The van der Waals surface area contributed by atoms with Crippen molar-refractivity contribution in [2.24, 2.45) is 0 Å². The number of nitrogens with zero attached hydrogens (tertiary/aromatic N) is 2. The average Bonchev–Trinajstić information content (AvgIpc) is 2.50. The first kappa shape index (κ1) is 16.9. The molecule has 0 amide bonds. The van der Waals surface area contributed by atoms with Crippen molar-refractivity contribution in [2.75, 3.05) is 13.2 Å². The third-order valence-electron chi connectivity index (χ3n) is 3.13. The summed E-state index contributed by atoms with van der Waals surface area (Å²) < 4.78 is 5.50. The lowest BCUT2D eigenvalue weighted by molar-refractivity contribution is -0.384. The molecule has 0 spiro atoms. The maximum Gasteiger partial charge on any atom is 0.273 e. The third-order valence-corrected chi connectivity index (χ3v) is 3.13. The second-order valence-corrected chi connectivity index (χ2v) is 5.08. The van der Waals surface area contributed by atoms with Crippen LogP contribution in [-0.2, 0) is 0 Å². The Hall–Kier alpha value is -2.13.